The summed E-state index contributed by atoms with van der Waals surface area (Å²) >= 11 is 0. The van der Waals surface area contributed by atoms with Gasteiger partial charge in [0.05, 0.1) is 20.3 Å². The summed E-state index contributed by atoms with van der Waals surface area (Å²) in [5.41, 5.74) is 1.85. The van der Waals surface area contributed by atoms with Crippen LogP contribution in [0, 0.1) is 0 Å². The minimum Gasteiger partial charge on any atom is -0.493 e. The van der Waals surface area contributed by atoms with Crippen LogP contribution in [0.5, 0.6) is 11.5 Å². The molecular weight excluding hydrogens is 370 g/mol. The van der Waals surface area contributed by atoms with Gasteiger partial charge in [0.15, 0.2) is 17.3 Å². The summed E-state index contributed by atoms with van der Waals surface area (Å²) in [7, 11) is 3.20. The van der Waals surface area contributed by atoms with E-state index in [4.69, 9.17) is 14.0 Å². The first-order valence-electron chi connectivity index (χ1n) is 9.51. The van der Waals surface area contributed by atoms with Gasteiger partial charge >= 0.3 is 0 Å². The second-order valence-corrected chi connectivity index (χ2v) is 7.06. The van der Waals surface area contributed by atoms with E-state index in [2.05, 4.69) is 10.1 Å². The fourth-order valence-corrected chi connectivity index (χ4v) is 3.67. The summed E-state index contributed by atoms with van der Waals surface area (Å²) in [6.45, 7) is 2.55. The zero-order chi connectivity index (χ0) is 20.4. The molecule has 1 aliphatic rings. The summed E-state index contributed by atoms with van der Waals surface area (Å²) in [5.74, 6) is 2.33. The van der Waals surface area contributed by atoms with Gasteiger partial charge < -0.3 is 18.9 Å². The van der Waals surface area contributed by atoms with E-state index >= 15 is 0 Å². The van der Waals surface area contributed by atoms with Gasteiger partial charge in [-0.1, -0.05) is 29.4 Å². The van der Waals surface area contributed by atoms with E-state index in [-0.39, 0.29) is 17.9 Å². The van der Waals surface area contributed by atoms with Crippen LogP contribution in [0.25, 0.3) is 11.5 Å². The van der Waals surface area contributed by atoms with Gasteiger partial charge in [0.1, 0.15) is 0 Å². The van der Waals surface area contributed by atoms with Gasteiger partial charge in [0.2, 0.25) is 5.91 Å². The van der Waals surface area contributed by atoms with Gasteiger partial charge in [-0.15, -0.1) is 0 Å². The predicted molar refractivity (Wildman–Crippen MR) is 107 cm³/mol. The van der Waals surface area contributed by atoms with E-state index < -0.39 is 0 Å². The molecule has 3 aromatic rings. The number of amides is 1. The molecule has 1 fully saturated rings. The van der Waals surface area contributed by atoms with Crippen LogP contribution in [-0.4, -0.2) is 41.7 Å². The summed E-state index contributed by atoms with van der Waals surface area (Å²) < 4.78 is 16.1. The summed E-state index contributed by atoms with van der Waals surface area (Å²) in [4.78, 5) is 19.1. The molecule has 2 atom stereocenters. The number of rotatable bonds is 6. The average molecular weight is 393 g/mol. The topological polar surface area (TPSA) is 77.7 Å². The molecule has 1 saturated heterocycles. The Bertz CT molecular complexity index is 1000. The van der Waals surface area contributed by atoms with Gasteiger partial charge in [-0.2, -0.15) is 4.98 Å². The average Bonchev–Trinajstić information content (AvgIpc) is 3.40. The van der Waals surface area contributed by atoms with Crippen LogP contribution in [0.4, 0.5) is 0 Å². The van der Waals surface area contributed by atoms with Crippen molar-refractivity contribution in [3.8, 4) is 23.0 Å². The normalized spacial score (nSPS) is 17.4. The maximum absolute atomic E-state index is 12.7. The van der Waals surface area contributed by atoms with Crippen LogP contribution in [-0.2, 0) is 4.79 Å². The number of nitrogens with zero attached hydrogens (tertiary/aromatic N) is 3. The lowest BCUT2D eigenvalue weighted by molar-refractivity contribution is -0.129. The predicted octanol–water partition coefficient (Wildman–Crippen LogP) is 3.83. The molecule has 0 saturated carbocycles. The number of benzene rings is 2. The zero-order valence-electron chi connectivity index (χ0n) is 16.7. The lowest BCUT2D eigenvalue weighted by Crippen LogP contribution is -2.28. The number of ether oxygens (including phenoxy) is 2. The highest BCUT2D eigenvalue weighted by Crippen LogP contribution is 2.36. The van der Waals surface area contributed by atoms with E-state index in [1.54, 1.807) is 14.2 Å². The zero-order valence-corrected chi connectivity index (χ0v) is 16.7. The van der Waals surface area contributed by atoms with E-state index in [1.165, 1.54) is 0 Å². The fourth-order valence-electron chi connectivity index (χ4n) is 3.67. The van der Waals surface area contributed by atoms with Gasteiger partial charge in [-0.3, -0.25) is 4.79 Å². The summed E-state index contributed by atoms with van der Waals surface area (Å²) in [5, 5.41) is 4.12. The number of hydrogen-bond acceptors (Lipinski definition) is 6. The maximum Gasteiger partial charge on any atom is 0.257 e. The highest BCUT2D eigenvalue weighted by atomic mass is 16.5. The Labute approximate surface area is 169 Å². The van der Waals surface area contributed by atoms with Crippen molar-refractivity contribution >= 4 is 5.91 Å². The van der Waals surface area contributed by atoms with Crippen molar-refractivity contribution in [1.82, 2.24) is 15.0 Å². The van der Waals surface area contributed by atoms with E-state index in [0.717, 1.165) is 11.1 Å². The molecule has 0 bridgehead atoms. The Kier molecular flexibility index (Phi) is 5.20. The Morgan fingerprint density at radius 3 is 2.59 bits per heavy atom. The molecule has 1 amide bonds. The van der Waals surface area contributed by atoms with Gasteiger partial charge in [-0.25, -0.2) is 0 Å². The third-order valence-electron chi connectivity index (χ3n) is 5.34. The van der Waals surface area contributed by atoms with Crippen LogP contribution in [0.1, 0.15) is 36.7 Å². The Balaban J connectivity index is 1.52. The lowest BCUT2D eigenvalue weighted by Gasteiger charge is -2.25. The highest BCUT2D eigenvalue weighted by molar-refractivity contribution is 5.80. The summed E-state index contributed by atoms with van der Waals surface area (Å²) in [6, 6.07) is 15.2. The van der Waals surface area contributed by atoms with Crippen LogP contribution in [0.15, 0.2) is 53.1 Å². The number of carbonyl (C=O) groups is 1. The molecule has 0 aliphatic carbocycles. The molecule has 2 unspecified atom stereocenters. The van der Waals surface area contributed by atoms with Crippen molar-refractivity contribution in [2.75, 3.05) is 20.8 Å². The van der Waals surface area contributed by atoms with Crippen molar-refractivity contribution < 1.29 is 18.8 Å². The third kappa shape index (κ3) is 3.68. The Hall–Kier alpha value is -3.35. The fraction of sp³-hybridized carbons (Fsp3) is 0.318. The van der Waals surface area contributed by atoms with Gasteiger partial charge in [0, 0.05) is 24.4 Å². The molecule has 7 nitrogen and oxygen atoms in total. The highest BCUT2D eigenvalue weighted by Gasteiger charge is 2.36. The standard InChI is InChI=1S/C22H23N3O4/c1-14(16-9-10-18(27-2)19(11-16)28-3)25-13-17(12-20(25)26)21-23-22(29-24-21)15-7-5-4-6-8-15/h4-11,14,17H,12-13H2,1-3H3. The number of aromatic nitrogens is 2. The molecule has 1 aliphatic heterocycles. The third-order valence-corrected chi connectivity index (χ3v) is 5.34. The van der Waals surface area contributed by atoms with E-state index in [0.29, 0.717) is 36.2 Å². The molecule has 0 spiro atoms. The second-order valence-electron chi connectivity index (χ2n) is 7.06. The minimum absolute atomic E-state index is 0.0725. The molecule has 0 radical (unpaired) electrons. The Morgan fingerprint density at radius 1 is 1.10 bits per heavy atom. The Morgan fingerprint density at radius 2 is 1.86 bits per heavy atom. The first-order valence-corrected chi connectivity index (χ1v) is 9.51. The minimum atomic E-state index is -0.104. The molecular formula is C22H23N3O4. The van der Waals surface area contributed by atoms with Gasteiger partial charge in [-0.05, 0) is 36.8 Å². The molecule has 2 aromatic carbocycles. The smallest absolute Gasteiger partial charge is 0.257 e. The molecule has 150 valence electrons. The lowest BCUT2D eigenvalue weighted by atomic mass is 10.1. The molecule has 7 heteroatoms. The molecule has 4 rings (SSSR count). The monoisotopic (exact) mass is 393 g/mol. The SMILES string of the molecule is COc1ccc(C(C)N2CC(c3noc(-c4ccccc4)n3)CC2=O)cc1OC. The van der Waals surface area contributed by atoms with Gasteiger partial charge in [0.25, 0.3) is 5.89 Å². The summed E-state index contributed by atoms with van der Waals surface area (Å²) in [6.07, 6.45) is 0.366. The number of methoxy groups -OCH3 is 2. The second kappa shape index (κ2) is 7.95. The largest absolute Gasteiger partial charge is 0.493 e. The number of likely N-dealkylation sites (tertiary alicyclic amines) is 1. The van der Waals surface area contributed by atoms with Crippen molar-refractivity contribution in [3.63, 3.8) is 0 Å². The van der Waals surface area contributed by atoms with E-state index in [1.807, 2.05) is 60.4 Å². The molecule has 2 heterocycles. The van der Waals surface area contributed by atoms with Crippen LogP contribution in [0.3, 0.4) is 0 Å². The van der Waals surface area contributed by atoms with Crippen LogP contribution < -0.4 is 9.47 Å². The first-order chi connectivity index (χ1) is 14.1. The van der Waals surface area contributed by atoms with Crippen molar-refractivity contribution in [2.45, 2.75) is 25.3 Å². The van der Waals surface area contributed by atoms with Crippen LogP contribution in [0.2, 0.25) is 0 Å². The first kappa shape index (κ1) is 19.0. The molecule has 0 N–H and O–H groups in total. The maximum atomic E-state index is 12.7. The number of hydrogen-bond donors (Lipinski definition) is 0. The molecule has 1 aromatic heterocycles. The van der Waals surface area contributed by atoms with Crippen molar-refractivity contribution in [3.05, 3.63) is 59.9 Å². The number of carbonyl (C=O) groups excluding carboxylic acids is 1. The van der Waals surface area contributed by atoms with E-state index in [9.17, 15) is 4.79 Å². The van der Waals surface area contributed by atoms with Crippen LogP contribution >= 0.6 is 0 Å². The van der Waals surface area contributed by atoms with Crippen molar-refractivity contribution in [1.29, 1.82) is 0 Å². The quantitative estimate of drug-likeness (QED) is 0.633. The van der Waals surface area contributed by atoms with Crippen molar-refractivity contribution in [2.24, 2.45) is 0 Å². The molecule has 29 heavy (non-hydrogen) atoms.